The van der Waals surface area contributed by atoms with E-state index >= 15 is 0 Å². The highest BCUT2D eigenvalue weighted by atomic mass is 19.1. The summed E-state index contributed by atoms with van der Waals surface area (Å²) in [5.74, 6) is -4.24. The van der Waals surface area contributed by atoms with Gasteiger partial charge in [0.2, 0.25) is 0 Å². The summed E-state index contributed by atoms with van der Waals surface area (Å²) in [5.41, 5.74) is -4.60. The van der Waals surface area contributed by atoms with Crippen LogP contribution in [0.1, 0.15) is 119 Å². The monoisotopic (exact) mass is 899 g/mol. The van der Waals surface area contributed by atoms with Gasteiger partial charge in [-0.2, -0.15) is 0 Å². The van der Waals surface area contributed by atoms with Gasteiger partial charge in [0.1, 0.15) is 35.8 Å². The second-order valence-corrected chi connectivity index (χ2v) is 19.6. The molecule has 3 fully saturated rings. The minimum atomic E-state index is -1.96. The molecule has 4 rings (SSSR count). The normalized spacial score (nSPS) is 42.9. The standard InChI is InChI=1S/C47H79FN2O13/c1-15-21-50-25-26(3)23-45(9,55)40(63-44-37(51)34(49(12)13)22-27(4)58-44)28(5)38(61-36-24-46(10,57-14)39(52)31(8)59-36)29(6)42(53)60-35(16-2)47(11,56)41(30(50)7)62-43(54)32-17-19-33(48)20-18-32/h17-20,26-31,34-41,44,51-52,55-56H,15-16,21-25H2,1-14H3/t26-,27-,28+,29-,30-,31+,34+,35-,36+,37-,38+,39+,40-,41-,44+,45+,46-,47-/m1/s1. The molecule has 4 N–H and O–H groups in total. The Morgan fingerprint density at radius 2 is 1.59 bits per heavy atom. The number of likely N-dealkylation sites (N-methyl/N-ethyl adjacent to an activating group) is 1. The van der Waals surface area contributed by atoms with Crippen LogP contribution >= 0.6 is 0 Å². The summed E-state index contributed by atoms with van der Waals surface area (Å²) in [6.07, 6.45) is -8.32. The van der Waals surface area contributed by atoms with Gasteiger partial charge >= 0.3 is 11.9 Å². The molecule has 0 radical (unpaired) electrons. The molecule has 0 bridgehead atoms. The summed E-state index contributed by atoms with van der Waals surface area (Å²) >= 11 is 0. The van der Waals surface area contributed by atoms with Crippen LogP contribution in [-0.4, -0.2) is 167 Å². The van der Waals surface area contributed by atoms with E-state index in [2.05, 4.69) is 4.90 Å². The van der Waals surface area contributed by atoms with Gasteiger partial charge in [0, 0.05) is 38.1 Å². The van der Waals surface area contributed by atoms with Gasteiger partial charge in [0.05, 0.1) is 47.1 Å². The lowest BCUT2D eigenvalue weighted by atomic mass is 9.77. The lowest BCUT2D eigenvalue weighted by molar-refractivity contribution is -0.318. The minimum absolute atomic E-state index is 0.0788. The van der Waals surface area contributed by atoms with Crippen molar-refractivity contribution in [3.63, 3.8) is 0 Å². The minimum Gasteiger partial charge on any atom is -0.459 e. The van der Waals surface area contributed by atoms with Crippen molar-refractivity contribution in [2.45, 2.75) is 199 Å². The summed E-state index contributed by atoms with van der Waals surface area (Å²) in [4.78, 5) is 32.5. The van der Waals surface area contributed by atoms with Gasteiger partial charge in [-0.25, -0.2) is 9.18 Å². The summed E-state index contributed by atoms with van der Waals surface area (Å²) in [7, 11) is 5.24. The number of halogens is 1. The van der Waals surface area contributed by atoms with Crippen molar-refractivity contribution in [2.75, 3.05) is 34.3 Å². The molecule has 63 heavy (non-hydrogen) atoms. The molecular formula is C47H79FN2O13. The molecule has 0 saturated carbocycles. The summed E-state index contributed by atoms with van der Waals surface area (Å²) in [6, 6.07) is 3.95. The molecule has 1 aromatic carbocycles. The van der Waals surface area contributed by atoms with Crippen LogP contribution in [0.2, 0.25) is 0 Å². The van der Waals surface area contributed by atoms with Crippen molar-refractivity contribution in [2.24, 2.45) is 17.8 Å². The van der Waals surface area contributed by atoms with Gasteiger partial charge in [-0.05, 0) is 125 Å². The number of carbonyl (C=O) groups is 2. The largest absolute Gasteiger partial charge is 0.459 e. The van der Waals surface area contributed by atoms with E-state index in [9.17, 15) is 34.4 Å². The molecule has 0 unspecified atom stereocenters. The van der Waals surface area contributed by atoms with Crippen molar-refractivity contribution < 1.29 is 67.6 Å². The van der Waals surface area contributed by atoms with E-state index in [0.717, 1.165) is 12.1 Å². The number of esters is 2. The van der Waals surface area contributed by atoms with Crippen LogP contribution in [0.25, 0.3) is 0 Å². The van der Waals surface area contributed by atoms with Crippen LogP contribution in [0.3, 0.4) is 0 Å². The number of aliphatic hydroxyl groups is 4. The maximum Gasteiger partial charge on any atom is 0.338 e. The van der Waals surface area contributed by atoms with Gasteiger partial charge in [-0.3, -0.25) is 9.69 Å². The molecule has 0 spiro atoms. The Morgan fingerprint density at radius 1 is 0.952 bits per heavy atom. The predicted molar refractivity (Wildman–Crippen MR) is 233 cm³/mol. The van der Waals surface area contributed by atoms with E-state index in [1.165, 1.54) is 26.2 Å². The molecule has 18 atom stereocenters. The Morgan fingerprint density at radius 3 is 2.16 bits per heavy atom. The number of rotatable bonds is 11. The van der Waals surface area contributed by atoms with E-state index in [1.807, 2.05) is 46.7 Å². The Bertz CT molecular complexity index is 1620. The molecule has 16 heteroatoms. The van der Waals surface area contributed by atoms with Crippen molar-refractivity contribution in [3.8, 4) is 0 Å². The number of aliphatic hydroxyl groups excluding tert-OH is 2. The molecule has 0 aliphatic carbocycles. The number of cyclic esters (lactones) is 1. The van der Waals surface area contributed by atoms with Crippen LogP contribution in [0.5, 0.6) is 0 Å². The third-order valence-corrected chi connectivity index (χ3v) is 13.8. The fourth-order valence-corrected chi connectivity index (χ4v) is 10.2. The molecule has 3 aliphatic rings. The predicted octanol–water partition coefficient (Wildman–Crippen LogP) is 4.68. The second kappa shape index (κ2) is 22.0. The van der Waals surface area contributed by atoms with Crippen LogP contribution in [0, 0.1) is 23.6 Å². The topological polar surface area (TPSA) is 186 Å². The Hall–Kier alpha value is -2.35. The first-order valence-corrected chi connectivity index (χ1v) is 22.9. The first-order valence-electron chi connectivity index (χ1n) is 22.9. The van der Waals surface area contributed by atoms with E-state index in [1.54, 1.807) is 41.5 Å². The van der Waals surface area contributed by atoms with Crippen molar-refractivity contribution >= 4 is 11.9 Å². The van der Waals surface area contributed by atoms with Crippen molar-refractivity contribution in [1.29, 1.82) is 0 Å². The van der Waals surface area contributed by atoms with Crippen LogP contribution in [0.15, 0.2) is 24.3 Å². The Kier molecular flexibility index (Phi) is 18.6. The van der Waals surface area contributed by atoms with Gasteiger partial charge in [0.25, 0.3) is 0 Å². The van der Waals surface area contributed by atoms with Crippen LogP contribution in [0.4, 0.5) is 4.39 Å². The lowest BCUT2D eigenvalue weighted by Crippen LogP contribution is -2.61. The number of benzene rings is 1. The molecule has 0 aromatic heterocycles. The summed E-state index contributed by atoms with van der Waals surface area (Å²) < 4.78 is 58.2. The zero-order valence-electron chi connectivity index (χ0n) is 40.2. The zero-order chi connectivity index (χ0) is 47.4. The summed E-state index contributed by atoms with van der Waals surface area (Å²) in [5, 5.41) is 48.2. The number of hydrogen-bond acceptors (Lipinski definition) is 15. The third-order valence-electron chi connectivity index (χ3n) is 13.8. The highest BCUT2D eigenvalue weighted by molar-refractivity contribution is 5.89. The third kappa shape index (κ3) is 12.6. The maximum atomic E-state index is 14.7. The van der Waals surface area contributed by atoms with Gasteiger partial charge < -0.3 is 58.5 Å². The van der Waals surface area contributed by atoms with Gasteiger partial charge in [0.15, 0.2) is 12.6 Å². The average Bonchev–Trinajstić information content (AvgIpc) is 3.21. The number of hydrogen-bond donors (Lipinski definition) is 4. The first-order chi connectivity index (χ1) is 29.3. The molecule has 362 valence electrons. The number of ether oxygens (including phenoxy) is 7. The zero-order valence-corrected chi connectivity index (χ0v) is 40.2. The summed E-state index contributed by atoms with van der Waals surface area (Å²) in [6.45, 7) is 20.4. The van der Waals surface area contributed by atoms with Crippen molar-refractivity contribution in [3.05, 3.63) is 35.6 Å². The van der Waals surface area contributed by atoms with Crippen LogP contribution < -0.4 is 0 Å². The smallest absolute Gasteiger partial charge is 0.338 e. The maximum absolute atomic E-state index is 14.7. The van der Waals surface area contributed by atoms with E-state index in [4.69, 9.17) is 33.2 Å². The molecule has 3 saturated heterocycles. The number of nitrogens with zero attached hydrogens (tertiary/aromatic N) is 2. The fourth-order valence-electron chi connectivity index (χ4n) is 10.2. The first kappa shape index (κ1) is 53.3. The number of methoxy groups -OCH3 is 1. The molecule has 3 heterocycles. The fraction of sp³-hybridized carbons (Fsp3) is 0.830. The quantitative estimate of drug-likeness (QED) is 0.224. The molecule has 15 nitrogen and oxygen atoms in total. The van der Waals surface area contributed by atoms with Gasteiger partial charge in [-0.15, -0.1) is 0 Å². The Balaban J connectivity index is 1.88. The average molecular weight is 899 g/mol. The lowest BCUT2D eigenvalue weighted by Gasteiger charge is -2.48. The highest BCUT2D eigenvalue weighted by Crippen LogP contribution is 2.40. The van der Waals surface area contributed by atoms with E-state index in [0.29, 0.717) is 25.9 Å². The van der Waals surface area contributed by atoms with Crippen LogP contribution in [-0.2, 0) is 38.0 Å². The van der Waals surface area contributed by atoms with E-state index < -0.39 is 108 Å². The van der Waals surface area contributed by atoms with Crippen molar-refractivity contribution in [1.82, 2.24) is 9.80 Å². The molecule has 1 aromatic rings. The van der Waals surface area contributed by atoms with E-state index in [-0.39, 0.29) is 42.9 Å². The Labute approximate surface area is 374 Å². The number of carbonyl (C=O) groups excluding carboxylic acids is 2. The highest BCUT2D eigenvalue weighted by Gasteiger charge is 2.53. The molecule has 0 amide bonds. The molecular weight excluding hydrogens is 820 g/mol. The molecule has 3 aliphatic heterocycles. The second-order valence-electron chi connectivity index (χ2n) is 19.6. The van der Waals surface area contributed by atoms with Gasteiger partial charge in [-0.1, -0.05) is 27.7 Å². The SMILES string of the molecule is CCCN1C[C@H](C)C[C@](C)(O)[C@H](O[C@@H]2O[C@H](C)C[C@H](N(C)C)[C@H]2O)[C@@H](C)[C@H](O[C@H]2C[C@@](C)(OC)[C@@H](O)[C@H](C)O2)[C@@H](C)C(=O)O[C@H](CC)[C@@](C)(O)[C@H](OC(=O)c2ccc(F)cc2)[C@H]1C.